The van der Waals surface area contributed by atoms with Crippen molar-refractivity contribution in [2.75, 3.05) is 4.90 Å². The topological polar surface area (TPSA) is 66.8 Å². The van der Waals surface area contributed by atoms with E-state index < -0.39 is 17.7 Å². The molecular formula is C26H25NO4S. The Morgan fingerprint density at radius 2 is 1.81 bits per heavy atom. The minimum atomic E-state index is -0.702. The second-order valence-electron chi connectivity index (χ2n) is 8.15. The summed E-state index contributed by atoms with van der Waals surface area (Å²) in [5.74, 6) is -0.973. The highest BCUT2D eigenvalue weighted by Gasteiger charge is 2.47. The standard InChI is InChI=1S/C26H25NO4S/c1-15(2)31-20-8-5-7-18(14-20)24(28)22-23(21-9-6-12-32-21)27(26(30)25(22)29)19-11-10-16(3)17(4)13-19/h5-15,23,28H,1-4H3/b24-22-. The van der Waals surface area contributed by atoms with Crippen molar-refractivity contribution >= 4 is 34.5 Å². The molecule has 1 aliphatic rings. The molecule has 0 radical (unpaired) electrons. The lowest BCUT2D eigenvalue weighted by Gasteiger charge is -2.25. The molecule has 1 saturated heterocycles. The number of nitrogens with zero attached hydrogens (tertiary/aromatic N) is 1. The molecule has 1 atom stereocenters. The number of ether oxygens (including phenoxy) is 1. The van der Waals surface area contributed by atoms with E-state index in [1.54, 1.807) is 24.3 Å². The molecule has 0 bridgehead atoms. The Morgan fingerprint density at radius 3 is 2.47 bits per heavy atom. The first-order valence-electron chi connectivity index (χ1n) is 10.5. The zero-order valence-electron chi connectivity index (χ0n) is 18.5. The number of amides is 1. The molecule has 1 aliphatic heterocycles. The molecule has 1 fully saturated rings. The molecular weight excluding hydrogens is 422 g/mol. The van der Waals surface area contributed by atoms with E-state index in [9.17, 15) is 14.7 Å². The highest BCUT2D eigenvalue weighted by molar-refractivity contribution is 7.10. The zero-order valence-corrected chi connectivity index (χ0v) is 19.3. The van der Waals surface area contributed by atoms with Gasteiger partial charge in [0, 0.05) is 16.1 Å². The van der Waals surface area contributed by atoms with E-state index in [4.69, 9.17) is 4.74 Å². The van der Waals surface area contributed by atoms with Gasteiger partial charge in [0.2, 0.25) is 0 Å². The van der Waals surface area contributed by atoms with Crippen LogP contribution in [0, 0.1) is 13.8 Å². The van der Waals surface area contributed by atoms with Crippen LogP contribution in [0.5, 0.6) is 5.75 Å². The SMILES string of the molecule is Cc1ccc(N2C(=O)C(=O)/C(=C(\O)c3cccc(OC(C)C)c3)C2c2cccs2)cc1C. The van der Waals surface area contributed by atoms with Crippen LogP contribution in [-0.2, 0) is 9.59 Å². The van der Waals surface area contributed by atoms with Crippen LogP contribution in [0.15, 0.2) is 65.6 Å². The molecule has 164 valence electrons. The Bertz CT molecular complexity index is 1210. The number of ketones is 1. The molecule has 1 unspecified atom stereocenters. The van der Waals surface area contributed by atoms with Gasteiger partial charge >= 0.3 is 0 Å². The molecule has 1 aromatic heterocycles. The van der Waals surface area contributed by atoms with Crippen molar-refractivity contribution in [2.24, 2.45) is 0 Å². The number of Topliss-reactive ketones (excluding diaryl/α,β-unsaturated/α-hetero) is 1. The maximum atomic E-state index is 13.2. The van der Waals surface area contributed by atoms with Crippen LogP contribution in [0.3, 0.4) is 0 Å². The van der Waals surface area contributed by atoms with Crippen LogP contribution in [0.2, 0.25) is 0 Å². The number of aliphatic hydroxyl groups is 1. The van der Waals surface area contributed by atoms with E-state index in [0.717, 1.165) is 16.0 Å². The second-order valence-corrected chi connectivity index (χ2v) is 9.13. The fourth-order valence-corrected chi connectivity index (χ4v) is 4.66. The fourth-order valence-electron chi connectivity index (χ4n) is 3.83. The first-order valence-corrected chi connectivity index (χ1v) is 11.3. The van der Waals surface area contributed by atoms with Crippen LogP contribution in [0.4, 0.5) is 5.69 Å². The highest BCUT2D eigenvalue weighted by atomic mass is 32.1. The summed E-state index contributed by atoms with van der Waals surface area (Å²) in [7, 11) is 0. The number of carbonyl (C=O) groups excluding carboxylic acids is 2. The van der Waals surface area contributed by atoms with Gasteiger partial charge in [0.15, 0.2) is 0 Å². The summed E-state index contributed by atoms with van der Waals surface area (Å²) < 4.78 is 5.74. The highest BCUT2D eigenvalue weighted by Crippen LogP contribution is 2.44. The lowest BCUT2D eigenvalue weighted by atomic mass is 9.99. The van der Waals surface area contributed by atoms with E-state index in [1.165, 1.54) is 16.2 Å². The molecule has 2 aromatic carbocycles. The van der Waals surface area contributed by atoms with Crippen molar-refractivity contribution in [3.05, 3.63) is 87.1 Å². The number of carbonyl (C=O) groups is 2. The summed E-state index contributed by atoms with van der Waals surface area (Å²) in [5.41, 5.74) is 3.26. The van der Waals surface area contributed by atoms with Gasteiger partial charge in [0.05, 0.1) is 11.7 Å². The number of hydrogen-bond acceptors (Lipinski definition) is 5. The van der Waals surface area contributed by atoms with E-state index in [1.807, 2.05) is 63.4 Å². The molecule has 0 saturated carbocycles. The molecule has 2 heterocycles. The third-order valence-electron chi connectivity index (χ3n) is 5.51. The number of benzene rings is 2. The van der Waals surface area contributed by atoms with E-state index in [-0.39, 0.29) is 17.4 Å². The molecule has 3 aromatic rings. The maximum Gasteiger partial charge on any atom is 0.300 e. The molecule has 0 spiro atoms. The van der Waals surface area contributed by atoms with Crippen LogP contribution in [-0.4, -0.2) is 22.9 Å². The number of aliphatic hydroxyl groups excluding tert-OH is 1. The third kappa shape index (κ3) is 3.94. The predicted molar refractivity (Wildman–Crippen MR) is 127 cm³/mol. The first kappa shape index (κ1) is 21.8. The summed E-state index contributed by atoms with van der Waals surface area (Å²) in [6.45, 7) is 7.79. The van der Waals surface area contributed by atoms with Gasteiger partial charge in [-0.25, -0.2) is 0 Å². The summed E-state index contributed by atoms with van der Waals surface area (Å²) in [6.07, 6.45) is -0.0335. The van der Waals surface area contributed by atoms with Crippen LogP contribution >= 0.6 is 11.3 Å². The molecule has 1 amide bonds. The average molecular weight is 448 g/mol. The maximum absolute atomic E-state index is 13.2. The number of anilines is 1. The van der Waals surface area contributed by atoms with Gasteiger partial charge in [-0.15, -0.1) is 11.3 Å². The molecule has 32 heavy (non-hydrogen) atoms. The largest absolute Gasteiger partial charge is 0.507 e. The van der Waals surface area contributed by atoms with E-state index >= 15 is 0 Å². The molecule has 5 nitrogen and oxygen atoms in total. The van der Waals surface area contributed by atoms with Gasteiger partial charge in [0.25, 0.3) is 11.7 Å². The quantitative estimate of drug-likeness (QED) is 0.306. The van der Waals surface area contributed by atoms with Crippen molar-refractivity contribution in [2.45, 2.75) is 39.8 Å². The van der Waals surface area contributed by atoms with Gasteiger partial charge in [-0.3, -0.25) is 14.5 Å². The van der Waals surface area contributed by atoms with Gasteiger partial charge in [-0.2, -0.15) is 0 Å². The zero-order chi connectivity index (χ0) is 23.0. The Balaban J connectivity index is 1.88. The van der Waals surface area contributed by atoms with Crippen LogP contribution in [0.1, 0.15) is 41.5 Å². The van der Waals surface area contributed by atoms with Crippen molar-refractivity contribution in [3.63, 3.8) is 0 Å². The fraction of sp³-hybridized carbons (Fsp3) is 0.231. The van der Waals surface area contributed by atoms with Crippen LogP contribution in [0.25, 0.3) is 5.76 Å². The summed E-state index contributed by atoms with van der Waals surface area (Å²) in [5, 5.41) is 13.1. The average Bonchev–Trinajstić information content (AvgIpc) is 3.37. The normalized spacial score (nSPS) is 17.9. The smallest absolute Gasteiger partial charge is 0.300 e. The Morgan fingerprint density at radius 1 is 1.03 bits per heavy atom. The second kappa shape index (κ2) is 8.63. The summed E-state index contributed by atoms with van der Waals surface area (Å²) in [6, 6.07) is 15.7. The van der Waals surface area contributed by atoms with Crippen molar-refractivity contribution in [3.8, 4) is 5.75 Å². The molecule has 4 rings (SSSR count). The number of aryl methyl sites for hydroxylation is 2. The van der Waals surface area contributed by atoms with Crippen molar-refractivity contribution in [1.29, 1.82) is 0 Å². The van der Waals surface area contributed by atoms with Gasteiger partial charge < -0.3 is 9.84 Å². The van der Waals surface area contributed by atoms with Gasteiger partial charge in [-0.1, -0.05) is 24.3 Å². The number of rotatable bonds is 5. The first-order chi connectivity index (χ1) is 15.3. The number of thiophene rings is 1. The van der Waals surface area contributed by atoms with Crippen molar-refractivity contribution in [1.82, 2.24) is 0 Å². The minimum absolute atomic E-state index is 0.0335. The van der Waals surface area contributed by atoms with Gasteiger partial charge in [0.1, 0.15) is 17.6 Å². The lowest BCUT2D eigenvalue weighted by Crippen LogP contribution is -2.29. The minimum Gasteiger partial charge on any atom is -0.507 e. The van der Waals surface area contributed by atoms with Crippen LogP contribution < -0.4 is 9.64 Å². The van der Waals surface area contributed by atoms with Gasteiger partial charge in [-0.05, 0) is 74.5 Å². The molecule has 1 N–H and O–H groups in total. The monoisotopic (exact) mass is 447 g/mol. The molecule has 6 heteroatoms. The third-order valence-corrected chi connectivity index (χ3v) is 6.43. The summed E-state index contributed by atoms with van der Waals surface area (Å²) >= 11 is 1.44. The van der Waals surface area contributed by atoms with E-state index in [2.05, 4.69) is 0 Å². The summed E-state index contributed by atoms with van der Waals surface area (Å²) in [4.78, 5) is 28.7. The Labute approximate surface area is 191 Å². The van der Waals surface area contributed by atoms with E-state index in [0.29, 0.717) is 17.0 Å². The lowest BCUT2D eigenvalue weighted by molar-refractivity contribution is -0.132. The predicted octanol–water partition coefficient (Wildman–Crippen LogP) is 5.78. The number of hydrogen-bond donors (Lipinski definition) is 1. The molecule has 0 aliphatic carbocycles. The Kier molecular flexibility index (Phi) is 5.89. The van der Waals surface area contributed by atoms with Crippen molar-refractivity contribution < 1.29 is 19.4 Å². The Hall–Kier alpha value is -3.38.